The molecule has 0 radical (unpaired) electrons. The van der Waals surface area contributed by atoms with Crippen LogP contribution in [0.2, 0.25) is 0 Å². The van der Waals surface area contributed by atoms with Gasteiger partial charge in [0.05, 0.1) is 29.0 Å². The van der Waals surface area contributed by atoms with E-state index in [1.165, 1.54) is 0 Å². The number of hydrogen-bond donors (Lipinski definition) is 3. The van der Waals surface area contributed by atoms with Crippen LogP contribution in [0.25, 0.3) is 22.5 Å². The average Bonchev–Trinajstić information content (AvgIpc) is 3.08. The van der Waals surface area contributed by atoms with Crippen LogP contribution in [-0.4, -0.2) is 56.9 Å². The van der Waals surface area contributed by atoms with Gasteiger partial charge in [-0.2, -0.15) is 10.2 Å². The van der Waals surface area contributed by atoms with E-state index >= 15 is 0 Å². The fourth-order valence-corrected chi connectivity index (χ4v) is 3.84. The maximum absolute atomic E-state index is 10.3. The van der Waals surface area contributed by atoms with Crippen molar-refractivity contribution in [3.63, 3.8) is 0 Å². The summed E-state index contributed by atoms with van der Waals surface area (Å²) in [6.07, 6.45) is 0.237. The number of piperidine rings is 1. The Morgan fingerprint density at radius 1 is 1.31 bits per heavy atom. The van der Waals surface area contributed by atoms with Gasteiger partial charge in [-0.1, -0.05) is 6.92 Å². The van der Waals surface area contributed by atoms with Gasteiger partial charge >= 0.3 is 0 Å². The molecular formula is C21H23N5O3. The number of benzene rings is 1. The molecule has 2 atom stereocenters. The SMILES string of the molecule is CCN1C[C@H](O)C[C@@H](Nc2nc3nc(-c4c(O)cc(C)cc4C#N)ccc3o2)C1. The number of aliphatic hydroxyl groups excluding tert-OH is 1. The van der Waals surface area contributed by atoms with E-state index in [1.54, 1.807) is 24.3 Å². The molecule has 3 heterocycles. The number of nitriles is 1. The molecule has 3 aromatic rings. The summed E-state index contributed by atoms with van der Waals surface area (Å²) >= 11 is 0. The van der Waals surface area contributed by atoms with Crippen molar-refractivity contribution in [3.05, 3.63) is 35.4 Å². The second-order valence-electron chi connectivity index (χ2n) is 7.44. The number of likely N-dealkylation sites (tertiary alicyclic amines) is 1. The molecule has 1 aliphatic heterocycles. The number of nitrogens with zero attached hydrogens (tertiary/aromatic N) is 4. The van der Waals surface area contributed by atoms with E-state index in [0.717, 1.165) is 18.7 Å². The number of aromatic nitrogens is 2. The lowest BCUT2D eigenvalue weighted by Gasteiger charge is -2.34. The van der Waals surface area contributed by atoms with Crippen molar-refractivity contribution in [2.24, 2.45) is 0 Å². The van der Waals surface area contributed by atoms with E-state index in [0.29, 0.717) is 47.0 Å². The zero-order chi connectivity index (χ0) is 20.5. The summed E-state index contributed by atoms with van der Waals surface area (Å²) in [4.78, 5) is 11.1. The number of aryl methyl sites for hydroxylation is 1. The van der Waals surface area contributed by atoms with Crippen LogP contribution in [0.4, 0.5) is 6.01 Å². The van der Waals surface area contributed by atoms with E-state index < -0.39 is 0 Å². The lowest BCUT2D eigenvalue weighted by atomic mass is 10.0. The zero-order valence-electron chi connectivity index (χ0n) is 16.4. The van der Waals surface area contributed by atoms with Gasteiger partial charge in [-0.15, -0.1) is 0 Å². The van der Waals surface area contributed by atoms with Crippen molar-refractivity contribution >= 4 is 17.2 Å². The van der Waals surface area contributed by atoms with E-state index in [4.69, 9.17) is 4.42 Å². The van der Waals surface area contributed by atoms with E-state index in [2.05, 4.69) is 33.2 Å². The molecule has 1 fully saturated rings. The Hall–Kier alpha value is -3.15. The third-order valence-electron chi connectivity index (χ3n) is 5.17. The third-order valence-corrected chi connectivity index (χ3v) is 5.17. The van der Waals surface area contributed by atoms with Gasteiger partial charge < -0.3 is 19.9 Å². The minimum absolute atomic E-state index is 0.00564. The Morgan fingerprint density at radius 2 is 2.14 bits per heavy atom. The molecule has 8 heteroatoms. The van der Waals surface area contributed by atoms with Crippen LogP contribution in [0, 0.1) is 18.3 Å². The lowest BCUT2D eigenvalue weighted by molar-refractivity contribution is 0.0667. The predicted octanol–water partition coefficient (Wildman–Crippen LogP) is 2.64. The van der Waals surface area contributed by atoms with Gasteiger partial charge in [-0.25, -0.2) is 4.98 Å². The van der Waals surface area contributed by atoms with Crippen LogP contribution < -0.4 is 5.32 Å². The average molecular weight is 393 g/mol. The number of aliphatic hydroxyl groups is 1. The van der Waals surface area contributed by atoms with Crippen molar-refractivity contribution < 1.29 is 14.6 Å². The summed E-state index contributed by atoms with van der Waals surface area (Å²) < 4.78 is 5.76. The number of fused-ring (bicyclic) bond motifs is 1. The number of oxazole rings is 1. The summed E-state index contributed by atoms with van der Waals surface area (Å²) in [5, 5.41) is 33.1. The van der Waals surface area contributed by atoms with Crippen LogP contribution in [-0.2, 0) is 0 Å². The molecule has 2 aromatic heterocycles. The molecule has 150 valence electrons. The maximum Gasteiger partial charge on any atom is 0.297 e. The number of phenols is 1. The summed E-state index contributed by atoms with van der Waals surface area (Å²) in [5.41, 5.74) is 2.88. The van der Waals surface area contributed by atoms with Gasteiger partial charge in [0.25, 0.3) is 6.01 Å². The molecule has 1 aliphatic rings. The highest BCUT2D eigenvalue weighted by Gasteiger charge is 2.26. The Labute approximate surface area is 168 Å². The number of nitrogens with one attached hydrogen (secondary N) is 1. The number of hydrogen-bond acceptors (Lipinski definition) is 8. The summed E-state index contributed by atoms with van der Waals surface area (Å²) in [6, 6.07) is 9.22. The summed E-state index contributed by atoms with van der Waals surface area (Å²) in [6.45, 7) is 6.23. The molecule has 8 nitrogen and oxygen atoms in total. The van der Waals surface area contributed by atoms with Crippen LogP contribution in [0.1, 0.15) is 24.5 Å². The smallest absolute Gasteiger partial charge is 0.297 e. The van der Waals surface area contributed by atoms with Crippen molar-refractivity contribution in [1.82, 2.24) is 14.9 Å². The fourth-order valence-electron chi connectivity index (χ4n) is 3.84. The molecule has 1 aromatic carbocycles. The van der Waals surface area contributed by atoms with Crippen LogP contribution in [0.3, 0.4) is 0 Å². The molecule has 0 saturated carbocycles. The number of β-amino-alcohol motifs (C(OH)–C–C–N with tert-alkyl or cyclic N) is 1. The number of pyridine rings is 1. The number of rotatable bonds is 4. The maximum atomic E-state index is 10.3. The molecule has 0 unspecified atom stereocenters. The standard InChI is InChI=1S/C21H23N5O3/c1-3-26-10-14(8-15(27)11-26)23-21-25-20-18(29-21)5-4-16(24-20)19-13(9-22)6-12(2)7-17(19)28/h4-7,14-15,27-28H,3,8,10-11H2,1-2H3,(H,23,24,25)/t14-,15-/m1/s1. The largest absolute Gasteiger partial charge is 0.507 e. The first-order valence-corrected chi connectivity index (χ1v) is 9.65. The highest BCUT2D eigenvalue weighted by atomic mass is 16.4. The highest BCUT2D eigenvalue weighted by molar-refractivity contribution is 5.80. The first-order chi connectivity index (χ1) is 14.0. The number of phenolic OH excluding ortho intramolecular Hbond substituents is 1. The fraction of sp³-hybridized carbons (Fsp3) is 0.381. The molecule has 0 aliphatic carbocycles. The van der Waals surface area contributed by atoms with Gasteiger partial charge in [0, 0.05) is 19.1 Å². The Bertz CT molecular complexity index is 1090. The first-order valence-electron chi connectivity index (χ1n) is 9.65. The number of aromatic hydroxyl groups is 1. The summed E-state index contributed by atoms with van der Waals surface area (Å²) in [7, 11) is 0. The van der Waals surface area contributed by atoms with Crippen LogP contribution >= 0.6 is 0 Å². The van der Waals surface area contributed by atoms with Gasteiger partial charge in [-0.3, -0.25) is 4.90 Å². The number of likely N-dealkylation sites (N-methyl/N-ethyl adjacent to an activating group) is 1. The van der Waals surface area contributed by atoms with E-state index in [9.17, 15) is 15.5 Å². The topological polar surface area (TPSA) is 118 Å². The quantitative estimate of drug-likeness (QED) is 0.619. The minimum Gasteiger partial charge on any atom is -0.507 e. The van der Waals surface area contributed by atoms with Crippen LogP contribution in [0.15, 0.2) is 28.7 Å². The molecule has 29 heavy (non-hydrogen) atoms. The molecule has 0 spiro atoms. The minimum atomic E-state index is -0.385. The van der Waals surface area contributed by atoms with E-state index in [-0.39, 0.29) is 17.9 Å². The van der Waals surface area contributed by atoms with Crippen molar-refractivity contribution in [2.45, 2.75) is 32.4 Å². The van der Waals surface area contributed by atoms with Gasteiger partial charge in [0.2, 0.25) is 5.65 Å². The monoisotopic (exact) mass is 393 g/mol. The number of anilines is 1. The molecule has 0 amide bonds. The Balaban J connectivity index is 1.63. The van der Waals surface area contributed by atoms with Crippen molar-refractivity contribution in [1.29, 1.82) is 5.26 Å². The molecular weight excluding hydrogens is 370 g/mol. The zero-order valence-corrected chi connectivity index (χ0v) is 16.4. The predicted molar refractivity (Wildman–Crippen MR) is 109 cm³/mol. The Kier molecular flexibility index (Phi) is 5.09. The lowest BCUT2D eigenvalue weighted by Crippen LogP contribution is -2.48. The Morgan fingerprint density at radius 3 is 2.90 bits per heavy atom. The second-order valence-corrected chi connectivity index (χ2v) is 7.44. The highest BCUT2D eigenvalue weighted by Crippen LogP contribution is 2.33. The molecule has 4 rings (SSSR count). The first kappa shape index (κ1) is 19.2. The van der Waals surface area contributed by atoms with Gasteiger partial charge in [0.1, 0.15) is 5.75 Å². The molecule has 1 saturated heterocycles. The normalized spacial score (nSPS) is 19.9. The van der Waals surface area contributed by atoms with E-state index in [1.807, 2.05) is 6.92 Å². The van der Waals surface area contributed by atoms with Crippen molar-refractivity contribution in [2.75, 3.05) is 25.0 Å². The molecule has 0 bridgehead atoms. The second kappa shape index (κ2) is 7.70. The summed E-state index contributed by atoms with van der Waals surface area (Å²) in [5.74, 6) is 0.00564. The van der Waals surface area contributed by atoms with Gasteiger partial charge in [0.15, 0.2) is 5.58 Å². The van der Waals surface area contributed by atoms with Crippen molar-refractivity contribution in [3.8, 4) is 23.1 Å². The molecule has 3 N–H and O–H groups in total. The third kappa shape index (κ3) is 3.88. The van der Waals surface area contributed by atoms with Gasteiger partial charge in [-0.05, 0) is 49.7 Å². The van der Waals surface area contributed by atoms with Crippen LogP contribution in [0.5, 0.6) is 5.75 Å².